The zero-order valence-electron chi connectivity index (χ0n) is 11.1. The highest BCUT2D eigenvalue weighted by atomic mass is 16.5. The minimum absolute atomic E-state index is 0.153. The Morgan fingerprint density at radius 1 is 1.53 bits per heavy atom. The molecule has 98 valence electrons. The molecule has 0 saturated heterocycles. The minimum atomic E-state index is -0.400. The maximum absolute atomic E-state index is 11.8. The fourth-order valence-corrected chi connectivity index (χ4v) is 2.74. The van der Waals surface area contributed by atoms with Gasteiger partial charge in [-0.25, -0.2) is 0 Å². The molecule has 0 unspecified atom stereocenters. The van der Waals surface area contributed by atoms with Crippen molar-refractivity contribution in [3.63, 3.8) is 0 Å². The van der Waals surface area contributed by atoms with Gasteiger partial charge >= 0.3 is 5.97 Å². The van der Waals surface area contributed by atoms with Crippen molar-refractivity contribution in [2.45, 2.75) is 52.1 Å². The first-order valence-corrected chi connectivity index (χ1v) is 6.54. The van der Waals surface area contributed by atoms with Crippen LogP contribution in [0.25, 0.3) is 0 Å². The molecule has 1 N–H and O–H groups in total. The topological polar surface area (TPSA) is 46.5 Å². The van der Waals surface area contributed by atoms with Crippen LogP contribution in [0.5, 0.6) is 0 Å². The summed E-state index contributed by atoms with van der Waals surface area (Å²) >= 11 is 0. The quantitative estimate of drug-likeness (QED) is 0.456. The maximum atomic E-state index is 11.8. The van der Waals surface area contributed by atoms with Crippen molar-refractivity contribution in [1.82, 2.24) is 0 Å². The van der Waals surface area contributed by atoms with E-state index in [0.29, 0.717) is 6.42 Å². The molecule has 0 saturated carbocycles. The summed E-state index contributed by atoms with van der Waals surface area (Å²) in [6.07, 6.45) is 6.54. The molecule has 0 heterocycles. The molecule has 3 atom stereocenters. The van der Waals surface area contributed by atoms with Crippen LogP contribution < -0.4 is 0 Å². The summed E-state index contributed by atoms with van der Waals surface area (Å²) in [4.78, 5) is 11.8. The van der Waals surface area contributed by atoms with E-state index in [1.165, 1.54) is 20.0 Å². The van der Waals surface area contributed by atoms with Crippen LogP contribution >= 0.6 is 0 Å². The number of ether oxygens (including phenoxy) is 1. The molecule has 0 spiro atoms. The molecule has 0 radical (unpaired) electrons. The Bertz CT molecular complexity index is 283. The highest BCUT2D eigenvalue weighted by Gasteiger charge is 2.34. The van der Waals surface area contributed by atoms with Gasteiger partial charge in [-0.1, -0.05) is 37.8 Å². The van der Waals surface area contributed by atoms with E-state index < -0.39 is 6.10 Å². The van der Waals surface area contributed by atoms with Crippen LogP contribution in [0.3, 0.4) is 0 Å². The van der Waals surface area contributed by atoms with Crippen molar-refractivity contribution in [3.8, 4) is 0 Å². The number of carbonyl (C=O) groups excluding carboxylic acids is 1. The fourth-order valence-electron chi connectivity index (χ4n) is 2.74. The number of unbranched alkanes of at least 4 members (excludes halogenated alkanes) is 2. The summed E-state index contributed by atoms with van der Waals surface area (Å²) in [5, 5.41) is 9.75. The van der Waals surface area contributed by atoms with Crippen LogP contribution in [-0.2, 0) is 9.53 Å². The third-order valence-corrected chi connectivity index (χ3v) is 3.60. The van der Waals surface area contributed by atoms with Crippen molar-refractivity contribution in [2.75, 3.05) is 7.11 Å². The molecule has 0 fully saturated rings. The number of esters is 1. The Kier molecular flexibility index (Phi) is 5.69. The average molecular weight is 240 g/mol. The Morgan fingerprint density at radius 2 is 2.24 bits per heavy atom. The lowest BCUT2D eigenvalue weighted by Gasteiger charge is -2.31. The fraction of sp³-hybridized carbons (Fsp3) is 0.786. The molecule has 3 nitrogen and oxygen atoms in total. The lowest BCUT2D eigenvalue weighted by atomic mass is 9.75. The van der Waals surface area contributed by atoms with Gasteiger partial charge in [0.15, 0.2) is 0 Å². The second kappa shape index (κ2) is 6.80. The van der Waals surface area contributed by atoms with Crippen molar-refractivity contribution in [2.24, 2.45) is 11.8 Å². The first kappa shape index (κ1) is 14.2. The number of aliphatic hydroxyl groups excluding tert-OH is 1. The van der Waals surface area contributed by atoms with E-state index in [9.17, 15) is 9.90 Å². The van der Waals surface area contributed by atoms with Crippen LogP contribution in [0.15, 0.2) is 11.6 Å². The summed E-state index contributed by atoms with van der Waals surface area (Å²) in [6.45, 7) is 4.08. The van der Waals surface area contributed by atoms with Crippen molar-refractivity contribution < 1.29 is 14.6 Å². The van der Waals surface area contributed by atoms with E-state index in [0.717, 1.165) is 18.4 Å². The Morgan fingerprint density at radius 3 is 2.82 bits per heavy atom. The molecule has 1 aliphatic rings. The molecule has 0 aromatic carbocycles. The molecule has 1 aliphatic carbocycles. The van der Waals surface area contributed by atoms with Crippen molar-refractivity contribution >= 4 is 5.97 Å². The Hall–Kier alpha value is -0.830. The van der Waals surface area contributed by atoms with Gasteiger partial charge in [0.05, 0.1) is 19.1 Å². The highest BCUT2D eigenvalue weighted by Crippen LogP contribution is 2.35. The number of carbonyl (C=O) groups is 1. The van der Waals surface area contributed by atoms with Gasteiger partial charge in [0, 0.05) is 0 Å². The second-order valence-corrected chi connectivity index (χ2v) is 4.97. The molecular formula is C14H24O3. The smallest absolute Gasteiger partial charge is 0.313 e. The zero-order chi connectivity index (χ0) is 12.8. The van der Waals surface area contributed by atoms with Gasteiger partial charge < -0.3 is 9.84 Å². The standard InChI is InChI=1S/C14H24O3/c1-4-5-6-7-11-9-12(15)8-10(2)13(11)14(16)17-3/h8,11-13,15H,4-7,9H2,1-3H3/t11-,12+,13+/m1/s1. The summed E-state index contributed by atoms with van der Waals surface area (Å²) in [5.41, 5.74) is 0.956. The first-order valence-electron chi connectivity index (χ1n) is 6.54. The second-order valence-electron chi connectivity index (χ2n) is 4.97. The monoisotopic (exact) mass is 240 g/mol. The molecule has 0 bridgehead atoms. The molecule has 17 heavy (non-hydrogen) atoms. The SMILES string of the molecule is CCCCC[C@@H]1C[C@@H](O)C=C(C)[C@@H]1C(=O)OC. The van der Waals surface area contributed by atoms with Crippen molar-refractivity contribution in [3.05, 3.63) is 11.6 Å². The number of hydrogen-bond acceptors (Lipinski definition) is 3. The minimum Gasteiger partial charge on any atom is -0.469 e. The predicted octanol–water partition coefficient (Wildman–Crippen LogP) is 2.68. The molecule has 0 amide bonds. The Balaban J connectivity index is 2.70. The van der Waals surface area contributed by atoms with Crippen LogP contribution in [0.1, 0.15) is 46.0 Å². The average Bonchev–Trinajstić information content (AvgIpc) is 2.28. The molecule has 0 aliphatic heterocycles. The van der Waals surface area contributed by atoms with E-state index >= 15 is 0 Å². The van der Waals surface area contributed by atoms with Crippen molar-refractivity contribution in [1.29, 1.82) is 0 Å². The zero-order valence-corrected chi connectivity index (χ0v) is 11.1. The van der Waals surface area contributed by atoms with E-state index in [2.05, 4.69) is 6.92 Å². The molecule has 0 aromatic rings. The van der Waals surface area contributed by atoms with Crippen LogP contribution in [0.2, 0.25) is 0 Å². The van der Waals surface area contributed by atoms with Crippen LogP contribution in [0.4, 0.5) is 0 Å². The number of rotatable bonds is 5. The van der Waals surface area contributed by atoms with Gasteiger partial charge in [0.25, 0.3) is 0 Å². The summed E-state index contributed by atoms with van der Waals surface area (Å²) < 4.78 is 4.87. The van der Waals surface area contributed by atoms with Gasteiger partial charge in [-0.05, 0) is 25.7 Å². The first-order chi connectivity index (χ1) is 8.10. The highest BCUT2D eigenvalue weighted by molar-refractivity contribution is 5.76. The van der Waals surface area contributed by atoms with E-state index in [4.69, 9.17) is 4.74 Å². The summed E-state index contributed by atoms with van der Waals surface area (Å²) in [6, 6.07) is 0. The summed E-state index contributed by atoms with van der Waals surface area (Å²) in [7, 11) is 1.43. The third-order valence-electron chi connectivity index (χ3n) is 3.60. The molecule has 0 aromatic heterocycles. The van der Waals surface area contributed by atoms with E-state index in [-0.39, 0.29) is 17.8 Å². The maximum Gasteiger partial charge on any atom is 0.313 e. The van der Waals surface area contributed by atoms with E-state index in [1.807, 2.05) is 6.92 Å². The van der Waals surface area contributed by atoms with Gasteiger partial charge in [0.2, 0.25) is 0 Å². The molecular weight excluding hydrogens is 216 g/mol. The Labute approximate surface area is 104 Å². The van der Waals surface area contributed by atoms with Gasteiger partial charge in [-0.2, -0.15) is 0 Å². The largest absolute Gasteiger partial charge is 0.469 e. The van der Waals surface area contributed by atoms with E-state index in [1.54, 1.807) is 6.08 Å². The number of methoxy groups -OCH3 is 1. The number of aliphatic hydroxyl groups is 1. The molecule has 3 heteroatoms. The normalized spacial score (nSPS) is 28.7. The third kappa shape index (κ3) is 3.84. The summed E-state index contributed by atoms with van der Waals surface area (Å²) in [5.74, 6) is -0.0820. The predicted molar refractivity (Wildman–Crippen MR) is 67.5 cm³/mol. The lowest BCUT2D eigenvalue weighted by molar-refractivity contribution is -0.146. The van der Waals surface area contributed by atoms with Crippen LogP contribution in [0, 0.1) is 11.8 Å². The van der Waals surface area contributed by atoms with Gasteiger partial charge in [0.1, 0.15) is 0 Å². The number of hydrogen-bond donors (Lipinski definition) is 1. The van der Waals surface area contributed by atoms with Gasteiger partial charge in [-0.3, -0.25) is 4.79 Å². The van der Waals surface area contributed by atoms with Crippen LogP contribution in [-0.4, -0.2) is 24.3 Å². The lowest BCUT2D eigenvalue weighted by Crippen LogP contribution is -2.32. The molecule has 1 rings (SSSR count). The van der Waals surface area contributed by atoms with Gasteiger partial charge in [-0.15, -0.1) is 0 Å².